The summed E-state index contributed by atoms with van der Waals surface area (Å²) in [7, 11) is 0. The molecule has 0 unspecified atom stereocenters. The fraction of sp³-hybridized carbons (Fsp3) is 0.407. The van der Waals surface area contributed by atoms with E-state index in [1.165, 1.54) is 23.1 Å². The number of nitrogens with zero attached hydrogens (tertiary/aromatic N) is 1. The summed E-state index contributed by atoms with van der Waals surface area (Å²) < 4.78 is 13.8. The number of aromatic amines is 1. The van der Waals surface area contributed by atoms with E-state index in [0.717, 1.165) is 0 Å². The van der Waals surface area contributed by atoms with E-state index in [1.807, 2.05) is 0 Å². The summed E-state index contributed by atoms with van der Waals surface area (Å²) in [5.41, 5.74) is 3.19. The summed E-state index contributed by atoms with van der Waals surface area (Å²) in [6, 6.07) is 4.02. The second-order valence-electron chi connectivity index (χ2n) is 9.74. The van der Waals surface area contributed by atoms with Gasteiger partial charge in [-0.25, -0.2) is 4.39 Å². The molecule has 0 radical (unpaired) electrons. The van der Waals surface area contributed by atoms with Crippen molar-refractivity contribution in [3.63, 3.8) is 0 Å². The van der Waals surface area contributed by atoms with Gasteiger partial charge in [0.2, 0.25) is 5.91 Å². The van der Waals surface area contributed by atoms with Gasteiger partial charge < -0.3 is 30.7 Å². The molecule has 1 fully saturated rings. The number of likely N-dealkylation sites (tertiary alicyclic amines) is 1. The average Bonchev–Trinajstić information content (AvgIpc) is 3.32. The zero-order chi connectivity index (χ0) is 27.6. The number of halogens is 1. The lowest BCUT2D eigenvalue weighted by atomic mass is 10.0. The van der Waals surface area contributed by atoms with Crippen LogP contribution in [0.3, 0.4) is 0 Å². The van der Waals surface area contributed by atoms with Crippen LogP contribution in [0.1, 0.15) is 58.6 Å². The van der Waals surface area contributed by atoms with Gasteiger partial charge in [0.05, 0.1) is 29.8 Å². The number of hydrogen-bond acceptors (Lipinski definition) is 6. The third-order valence-corrected chi connectivity index (χ3v) is 6.88. The van der Waals surface area contributed by atoms with Crippen molar-refractivity contribution >= 4 is 40.8 Å². The van der Waals surface area contributed by atoms with Crippen molar-refractivity contribution in [3.05, 3.63) is 52.1 Å². The van der Waals surface area contributed by atoms with Crippen molar-refractivity contribution in [1.29, 1.82) is 0 Å². The molecule has 0 aliphatic carbocycles. The molecule has 10 nitrogen and oxygen atoms in total. The third-order valence-electron chi connectivity index (χ3n) is 6.88. The highest BCUT2D eigenvalue weighted by molar-refractivity contribution is 6.34. The maximum Gasteiger partial charge on any atom is 0.256 e. The Labute approximate surface area is 218 Å². The summed E-state index contributed by atoms with van der Waals surface area (Å²) >= 11 is 0. The zero-order valence-electron chi connectivity index (χ0n) is 21.3. The largest absolute Gasteiger partial charge is 0.392 e. The molecule has 2 aliphatic rings. The number of piperidine rings is 1. The van der Waals surface area contributed by atoms with Crippen molar-refractivity contribution in [3.8, 4) is 0 Å². The first-order chi connectivity index (χ1) is 18.0. The highest BCUT2D eigenvalue weighted by Gasteiger charge is 2.27. The number of ketones is 1. The van der Waals surface area contributed by atoms with Crippen molar-refractivity contribution in [2.24, 2.45) is 0 Å². The molecule has 3 amide bonds. The number of aliphatic hydroxyl groups excluding tert-OH is 2. The lowest BCUT2D eigenvalue weighted by molar-refractivity contribution is -0.136. The smallest absolute Gasteiger partial charge is 0.256 e. The van der Waals surface area contributed by atoms with Crippen LogP contribution in [0.4, 0.5) is 10.1 Å². The number of fused-ring (bicyclic) bond motifs is 1. The molecule has 0 spiro atoms. The van der Waals surface area contributed by atoms with Gasteiger partial charge in [-0.2, -0.15) is 0 Å². The average molecular weight is 527 g/mol. The van der Waals surface area contributed by atoms with Crippen LogP contribution in [0.25, 0.3) is 11.6 Å². The van der Waals surface area contributed by atoms with Gasteiger partial charge in [0.1, 0.15) is 11.6 Å². The minimum absolute atomic E-state index is 0.105. The molecule has 0 saturated carbocycles. The number of carbonyl (C=O) groups excluding carboxylic acids is 4. The van der Waals surface area contributed by atoms with E-state index in [1.54, 1.807) is 19.9 Å². The number of amides is 3. The number of carbonyl (C=O) groups is 4. The standard InChI is InChI=1S/C27H31FN4O6/c1-14-23(12-21-20-9-16(28)3-4-22(20)31-26(21)37)30-15(2)25(14)27(38)29-13-19(35)10-18(34)11-24(36)32-7-5-17(33)6-8-32/h3-4,9,12,18-19,30,34-35H,5-8,10-11,13H2,1-2H3,(H,29,38)(H,31,37)/b21-12-/t18-,19+/m1/s1. The Bertz CT molecular complexity index is 1310. The molecule has 202 valence electrons. The first-order valence-electron chi connectivity index (χ1n) is 12.5. The number of rotatable bonds is 8. The molecule has 2 atom stereocenters. The van der Waals surface area contributed by atoms with Crippen molar-refractivity contribution in [1.82, 2.24) is 15.2 Å². The molecule has 2 aliphatic heterocycles. The molecule has 1 aromatic carbocycles. The molecule has 2 aromatic rings. The van der Waals surface area contributed by atoms with Gasteiger partial charge in [0.15, 0.2) is 0 Å². The summed E-state index contributed by atoms with van der Waals surface area (Å²) in [5.74, 6) is -1.46. The fourth-order valence-corrected chi connectivity index (χ4v) is 4.82. The number of aryl methyl sites for hydroxylation is 1. The highest BCUT2D eigenvalue weighted by Crippen LogP contribution is 2.34. The summed E-state index contributed by atoms with van der Waals surface area (Å²) in [6.45, 7) is 3.95. The number of benzene rings is 1. The summed E-state index contributed by atoms with van der Waals surface area (Å²) in [4.78, 5) is 53.6. The number of nitrogens with one attached hydrogen (secondary N) is 3. The van der Waals surface area contributed by atoms with E-state index < -0.39 is 23.9 Å². The Kier molecular flexibility index (Phi) is 8.08. The molecule has 0 bridgehead atoms. The van der Waals surface area contributed by atoms with Crippen LogP contribution >= 0.6 is 0 Å². The molecule has 1 saturated heterocycles. The van der Waals surface area contributed by atoms with Crippen LogP contribution in [-0.4, -0.2) is 75.4 Å². The number of aliphatic hydroxyl groups is 2. The number of Topliss-reactive ketones (excluding diaryl/α,β-unsaturated/α-hetero) is 1. The van der Waals surface area contributed by atoms with E-state index in [0.29, 0.717) is 59.7 Å². The summed E-state index contributed by atoms with van der Waals surface area (Å²) in [5, 5.41) is 25.9. The minimum atomic E-state index is -1.09. The maximum atomic E-state index is 13.8. The zero-order valence-corrected chi connectivity index (χ0v) is 21.3. The second kappa shape index (κ2) is 11.3. The molecule has 5 N–H and O–H groups in total. The van der Waals surface area contributed by atoms with Crippen LogP contribution in [0.5, 0.6) is 0 Å². The SMILES string of the molecule is Cc1[nH]c(/C=C2\C(=O)Nc3ccc(F)cc32)c(C)c1C(=O)NC[C@@H](O)C[C@@H](O)CC(=O)N1CCC(=O)CC1. The van der Waals surface area contributed by atoms with Crippen LogP contribution in [0, 0.1) is 19.7 Å². The molecule has 11 heteroatoms. The van der Waals surface area contributed by atoms with Gasteiger partial charge in [-0.15, -0.1) is 0 Å². The quantitative estimate of drug-likeness (QED) is 0.330. The number of aromatic nitrogens is 1. The minimum Gasteiger partial charge on any atom is -0.392 e. The predicted molar refractivity (Wildman–Crippen MR) is 138 cm³/mol. The van der Waals surface area contributed by atoms with Gasteiger partial charge in [0.25, 0.3) is 11.8 Å². The number of anilines is 1. The first-order valence-corrected chi connectivity index (χ1v) is 12.5. The Morgan fingerprint density at radius 2 is 1.87 bits per heavy atom. The van der Waals surface area contributed by atoms with Gasteiger partial charge >= 0.3 is 0 Å². The second-order valence-corrected chi connectivity index (χ2v) is 9.74. The van der Waals surface area contributed by atoms with Crippen molar-refractivity contribution in [2.45, 2.75) is 51.7 Å². The van der Waals surface area contributed by atoms with E-state index in [9.17, 15) is 33.8 Å². The Morgan fingerprint density at radius 1 is 1.16 bits per heavy atom. The first kappa shape index (κ1) is 27.2. The van der Waals surface area contributed by atoms with Crippen molar-refractivity contribution < 1.29 is 33.8 Å². The predicted octanol–water partition coefficient (Wildman–Crippen LogP) is 1.69. The van der Waals surface area contributed by atoms with Gasteiger partial charge in [-0.05, 0) is 43.7 Å². The number of hydrogen-bond donors (Lipinski definition) is 5. The van der Waals surface area contributed by atoms with E-state index >= 15 is 0 Å². The van der Waals surface area contributed by atoms with Crippen LogP contribution in [0.2, 0.25) is 0 Å². The topological polar surface area (TPSA) is 152 Å². The molecule has 38 heavy (non-hydrogen) atoms. The molecule has 1 aromatic heterocycles. The maximum absolute atomic E-state index is 13.8. The highest BCUT2D eigenvalue weighted by atomic mass is 19.1. The van der Waals surface area contributed by atoms with Crippen molar-refractivity contribution in [2.75, 3.05) is 25.0 Å². The normalized spacial score (nSPS) is 17.8. The van der Waals surface area contributed by atoms with Crippen LogP contribution < -0.4 is 10.6 Å². The Balaban J connectivity index is 1.35. The molecular formula is C27H31FN4O6. The van der Waals surface area contributed by atoms with Crippen LogP contribution in [-0.2, 0) is 14.4 Å². The van der Waals surface area contributed by atoms with Gasteiger partial charge in [0, 0.05) is 61.5 Å². The summed E-state index contributed by atoms with van der Waals surface area (Å²) in [6.07, 6.45) is -0.260. The Morgan fingerprint density at radius 3 is 2.58 bits per heavy atom. The van der Waals surface area contributed by atoms with Gasteiger partial charge in [-0.1, -0.05) is 0 Å². The molecular weight excluding hydrogens is 495 g/mol. The lowest BCUT2D eigenvalue weighted by Gasteiger charge is -2.27. The van der Waals surface area contributed by atoms with E-state index in [2.05, 4.69) is 15.6 Å². The van der Waals surface area contributed by atoms with E-state index in [-0.39, 0.29) is 42.6 Å². The van der Waals surface area contributed by atoms with Gasteiger partial charge in [-0.3, -0.25) is 19.2 Å². The monoisotopic (exact) mass is 526 g/mol. The Hall–Kier alpha value is -3.83. The lowest BCUT2D eigenvalue weighted by Crippen LogP contribution is -2.41. The molecule has 3 heterocycles. The van der Waals surface area contributed by atoms with Crippen LogP contribution in [0.15, 0.2) is 18.2 Å². The molecule has 4 rings (SSSR count). The van der Waals surface area contributed by atoms with E-state index in [4.69, 9.17) is 0 Å². The third kappa shape index (κ3) is 6.00. The fourth-order valence-electron chi connectivity index (χ4n) is 4.82. The number of H-pyrrole nitrogens is 1.